The summed E-state index contributed by atoms with van der Waals surface area (Å²) in [5.74, 6) is 0.303. The van der Waals surface area contributed by atoms with Crippen molar-refractivity contribution in [3.8, 4) is 11.5 Å². The predicted molar refractivity (Wildman–Crippen MR) is 117 cm³/mol. The number of ether oxygens (including phenoxy) is 2. The third-order valence-corrected chi connectivity index (χ3v) is 4.81. The van der Waals surface area contributed by atoms with E-state index in [4.69, 9.17) is 21.1 Å². The average Bonchev–Trinajstić information content (AvgIpc) is 3.10. The van der Waals surface area contributed by atoms with Crippen molar-refractivity contribution in [2.24, 2.45) is 0 Å². The van der Waals surface area contributed by atoms with E-state index in [9.17, 15) is 9.59 Å². The molecule has 31 heavy (non-hydrogen) atoms. The molecule has 3 rings (SSSR count). The van der Waals surface area contributed by atoms with Crippen LogP contribution in [0.2, 0.25) is 5.02 Å². The molecule has 2 amide bonds. The molecule has 0 spiro atoms. The minimum absolute atomic E-state index is 0.121. The molecule has 0 saturated heterocycles. The molecule has 0 aliphatic heterocycles. The molecule has 0 bridgehead atoms. The van der Waals surface area contributed by atoms with E-state index < -0.39 is 5.91 Å². The summed E-state index contributed by atoms with van der Waals surface area (Å²) < 4.78 is 11.8. The SMILES string of the molecule is COc1cc(NC(=O)Cn2nnc(C(=O)Nc3cc(Cl)ccc3C)c2C)cc(OC)c1. The molecular formula is C21H22ClN5O4. The maximum Gasteiger partial charge on any atom is 0.278 e. The summed E-state index contributed by atoms with van der Waals surface area (Å²) in [6.07, 6.45) is 0. The number of nitrogens with zero attached hydrogens (tertiary/aromatic N) is 3. The normalized spacial score (nSPS) is 10.5. The molecule has 3 aromatic rings. The summed E-state index contributed by atoms with van der Waals surface area (Å²) in [4.78, 5) is 25.1. The fourth-order valence-corrected chi connectivity index (χ4v) is 3.02. The van der Waals surface area contributed by atoms with Crippen molar-refractivity contribution in [1.82, 2.24) is 15.0 Å². The summed E-state index contributed by atoms with van der Waals surface area (Å²) >= 11 is 6.00. The van der Waals surface area contributed by atoms with Crippen LogP contribution in [-0.4, -0.2) is 41.0 Å². The Balaban J connectivity index is 1.70. The molecular weight excluding hydrogens is 422 g/mol. The van der Waals surface area contributed by atoms with Crippen LogP contribution < -0.4 is 20.1 Å². The number of rotatable bonds is 7. The zero-order chi connectivity index (χ0) is 22.5. The monoisotopic (exact) mass is 443 g/mol. The quantitative estimate of drug-likeness (QED) is 0.579. The van der Waals surface area contributed by atoms with Crippen molar-refractivity contribution < 1.29 is 19.1 Å². The third kappa shape index (κ3) is 5.32. The molecule has 2 aromatic carbocycles. The third-order valence-electron chi connectivity index (χ3n) is 4.57. The summed E-state index contributed by atoms with van der Waals surface area (Å²) in [6.45, 7) is 3.40. The minimum atomic E-state index is -0.438. The molecule has 10 heteroatoms. The number of aryl methyl sites for hydroxylation is 1. The van der Waals surface area contributed by atoms with E-state index in [0.717, 1.165) is 5.56 Å². The fourth-order valence-electron chi connectivity index (χ4n) is 2.85. The number of methoxy groups -OCH3 is 2. The first-order chi connectivity index (χ1) is 14.8. The standard InChI is InChI=1S/C21H22ClN5O4/c1-12-5-6-14(22)7-18(12)24-21(29)20-13(2)27(26-25-20)11-19(28)23-15-8-16(30-3)10-17(9-15)31-4/h5-10H,11H2,1-4H3,(H,23,28)(H,24,29). The maximum atomic E-state index is 12.6. The van der Waals surface area contributed by atoms with Gasteiger partial charge in [-0.2, -0.15) is 0 Å². The Labute approximate surface area is 184 Å². The van der Waals surface area contributed by atoms with Crippen LogP contribution in [0.3, 0.4) is 0 Å². The number of carbonyl (C=O) groups is 2. The van der Waals surface area contributed by atoms with Gasteiger partial charge in [0.15, 0.2) is 5.69 Å². The van der Waals surface area contributed by atoms with Gasteiger partial charge in [-0.1, -0.05) is 22.9 Å². The maximum absolute atomic E-state index is 12.6. The van der Waals surface area contributed by atoms with Crippen LogP contribution in [0.4, 0.5) is 11.4 Å². The highest BCUT2D eigenvalue weighted by Crippen LogP contribution is 2.26. The van der Waals surface area contributed by atoms with Crippen molar-refractivity contribution in [3.05, 3.63) is 58.4 Å². The molecule has 9 nitrogen and oxygen atoms in total. The van der Waals surface area contributed by atoms with Gasteiger partial charge in [0.2, 0.25) is 5.91 Å². The van der Waals surface area contributed by atoms with Gasteiger partial charge in [0.05, 0.1) is 19.9 Å². The van der Waals surface area contributed by atoms with Gasteiger partial charge >= 0.3 is 0 Å². The van der Waals surface area contributed by atoms with Gasteiger partial charge in [-0.15, -0.1) is 5.10 Å². The lowest BCUT2D eigenvalue weighted by atomic mass is 10.2. The predicted octanol–water partition coefficient (Wildman–Crippen LogP) is 3.46. The van der Waals surface area contributed by atoms with Crippen LogP contribution in [0, 0.1) is 13.8 Å². The van der Waals surface area contributed by atoms with Crippen LogP contribution in [0.5, 0.6) is 11.5 Å². The molecule has 0 aliphatic carbocycles. The molecule has 0 fully saturated rings. The number of nitrogens with one attached hydrogen (secondary N) is 2. The zero-order valence-electron chi connectivity index (χ0n) is 17.5. The Kier molecular flexibility index (Phi) is 6.76. The van der Waals surface area contributed by atoms with Crippen LogP contribution in [0.1, 0.15) is 21.7 Å². The van der Waals surface area contributed by atoms with E-state index in [1.54, 1.807) is 43.3 Å². The first-order valence-corrected chi connectivity index (χ1v) is 9.69. The highest BCUT2D eigenvalue weighted by Gasteiger charge is 2.19. The summed E-state index contributed by atoms with van der Waals surface area (Å²) in [6, 6.07) is 10.2. The molecule has 0 atom stereocenters. The number of hydrogen-bond donors (Lipinski definition) is 2. The fraction of sp³-hybridized carbons (Fsp3) is 0.238. The van der Waals surface area contributed by atoms with Crippen molar-refractivity contribution in [1.29, 1.82) is 0 Å². The second-order valence-electron chi connectivity index (χ2n) is 6.74. The Bertz CT molecular complexity index is 1110. The van der Waals surface area contributed by atoms with Gasteiger partial charge in [-0.3, -0.25) is 9.59 Å². The van der Waals surface area contributed by atoms with Crippen LogP contribution in [0.15, 0.2) is 36.4 Å². The highest BCUT2D eigenvalue weighted by molar-refractivity contribution is 6.31. The van der Waals surface area contributed by atoms with Gasteiger partial charge in [0.25, 0.3) is 5.91 Å². The summed E-state index contributed by atoms with van der Waals surface area (Å²) in [5.41, 5.74) is 2.52. The molecule has 0 radical (unpaired) electrons. The average molecular weight is 444 g/mol. The summed E-state index contributed by atoms with van der Waals surface area (Å²) in [7, 11) is 3.05. The van der Waals surface area contributed by atoms with Gasteiger partial charge in [-0.05, 0) is 31.5 Å². The number of anilines is 2. The van der Waals surface area contributed by atoms with Gasteiger partial charge in [0, 0.05) is 34.6 Å². The van der Waals surface area contributed by atoms with Crippen molar-refractivity contribution in [2.75, 3.05) is 24.9 Å². The number of aromatic nitrogens is 3. The zero-order valence-corrected chi connectivity index (χ0v) is 18.3. The lowest BCUT2D eigenvalue weighted by molar-refractivity contribution is -0.117. The van der Waals surface area contributed by atoms with E-state index in [2.05, 4.69) is 20.9 Å². The summed E-state index contributed by atoms with van der Waals surface area (Å²) in [5, 5.41) is 13.9. The van der Waals surface area contributed by atoms with E-state index in [1.807, 2.05) is 6.92 Å². The topological polar surface area (TPSA) is 107 Å². The molecule has 0 saturated carbocycles. The molecule has 2 N–H and O–H groups in total. The van der Waals surface area contributed by atoms with Gasteiger partial charge in [0.1, 0.15) is 18.0 Å². The Morgan fingerprint density at radius 1 is 1.03 bits per heavy atom. The minimum Gasteiger partial charge on any atom is -0.497 e. The number of hydrogen-bond acceptors (Lipinski definition) is 6. The van der Waals surface area contributed by atoms with Crippen molar-refractivity contribution in [3.63, 3.8) is 0 Å². The smallest absolute Gasteiger partial charge is 0.278 e. The second kappa shape index (κ2) is 9.48. The molecule has 1 heterocycles. The van der Waals surface area contributed by atoms with E-state index in [1.165, 1.54) is 18.9 Å². The number of benzene rings is 2. The van der Waals surface area contributed by atoms with Crippen molar-refractivity contribution in [2.45, 2.75) is 20.4 Å². The Morgan fingerprint density at radius 3 is 2.35 bits per heavy atom. The second-order valence-corrected chi connectivity index (χ2v) is 7.18. The molecule has 0 aliphatic rings. The lowest BCUT2D eigenvalue weighted by Gasteiger charge is -2.10. The Hall–Kier alpha value is -3.59. The first-order valence-electron chi connectivity index (χ1n) is 9.31. The van der Waals surface area contributed by atoms with E-state index >= 15 is 0 Å². The molecule has 1 aromatic heterocycles. The van der Waals surface area contributed by atoms with Crippen LogP contribution in [0.25, 0.3) is 0 Å². The number of carbonyl (C=O) groups excluding carboxylic acids is 2. The molecule has 0 unspecified atom stereocenters. The Morgan fingerprint density at radius 2 is 1.71 bits per heavy atom. The van der Waals surface area contributed by atoms with Crippen LogP contribution in [-0.2, 0) is 11.3 Å². The number of halogens is 1. The van der Waals surface area contributed by atoms with Crippen molar-refractivity contribution >= 4 is 34.8 Å². The largest absolute Gasteiger partial charge is 0.497 e. The van der Waals surface area contributed by atoms with Gasteiger partial charge in [-0.25, -0.2) is 4.68 Å². The highest BCUT2D eigenvalue weighted by atomic mass is 35.5. The van der Waals surface area contributed by atoms with Gasteiger partial charge < -0.3 is 20.1 Å². The molecule has 162 valence electrons. The lowest BCUT2D eigenvalue weighted by Crippen LogP contribution is -2.21. The van der Waals surface area contributed by atoms with Crippen LogP contribution >= 0.6 is 11.6 Å². The van der Waals surface area contributed by atoms with E-state index in [0.29, 0.717) is 33.6 Å². The first kappa shape index (κ1) is 22.1. The number of amides is 2. The van der Waals surface area contributed by atoms with E-state index in [-0.39, 0.29) is 18.1 Å².